The third-order valence-electron chi connectivity index (χ3n) is 4.15. The number of hydrogen-bond acceptors (Lipinski definition) is 3. The average Bonchev–Trinajstić information content (AvgIpc) is 2.59. The van der Waals surface area contributed by atoms with E-state index in [0.29, 0.717) is 0 Å². The molecule has 0 aromatic heterocycles. The molecule has 4 heteroatoms. The van der Waals surface area contributed by atoms with Crippen LogP contribution in [0.5, 0.6) is 0 Å². The van der Waals surface area contributed by atoms with Crippen molar-refractivity contribution in [2.45, 2.75) is 6.54 Å². The minimum atomic E-state index is 0.0896. The SMILES string of the molecule is CN(C)c1ccc(CNc2ccc(C(=N)N)cc2)c2ccccc12. The molecular formula is C20H22N4. The predicted octanol–water partition coefficient (Wildman–Crippen LogP) is 3.80. The van der Waals surface area contributed by atoms with E-state index in [0.717, 1.165) is 17.8 Å². The van der Waals surface area contributed by atoms with Crippen molar-refractivity contribution in [2.75, 3.05) is 24.3 Å². The zero-order valence-corrected chi connectivity index (χ0v) is 14.0. The van der Waals surface area contributed by atoms with Crippen LogP contribution in [0.1, 0.15) is 11.1 Å². The Hall–Kier alpha value is -3.01. The van der Waals surface area contributed by atoms with Crippen LogP contribution in [0, 0.1) is 5.41 Å². The van der Waals surface area contributed by atoms with Gasteiger partial charge in [0, 0.05) is 43.0 Å². The molecule has 0 aliphatic heterocycles. The van der Waals surface area contributed by atoms with Crippen LogP contribution in [0.4, 0.5) is 11.4 Å². The van der Waals surface area contributed by atoms with Gasteiger partial charge in [0.25, 0.3) is 0 Å². The highest BCUT2D eigenvalue weighted by molar-refractivity contribution is 5.96. The Morgan fingerprint density at radius 1 is 0.958 bits per heavy atom. The van der Waals surface area contributed by atoms with Gasteiger partial charge in [-0.05, 0) is 41.3 Å². The summed E-state index contributed by atoms with van der Waals surface area (Å²) >= 11 is 0. The Labute approximate surface area is 142 Å². The van der Waals surface area contributed by atoms with E-state index in [9.17, 15) is 0 Å². The molecule has 0 bridgehead atoms. The largest absolute Gasteiger partial charge is 0.384 e. The Morgan fingerprint density at radius 3 is 2.25 bits per heavy atom. The number of nitrogens with two attached hydrogens (primary N) is 1. The van der Waals surface area contributed by atoms with E-state index in [1.807, 2.05) is 24.3 Å². The number of rotatable bonds is 5. The molecule has 3 aromatic rings. The van der Waals surface area contributed by atoms with Gasteiger partial charge in [-0.1, -0.05) is 30.3 Å². The average molecular weight is 318 g/mol. The molecule has 0 spiro atoms. The van der Waals surface area contributed by atoms with Gasteiger partial charge in [0.15, 0.2) is 0 Å². The van der Waals surface area contributed by atoms with E-state index in [-0.39, 0.29) is 5.84 Å². The minimum absolute atomic E-state index is 0.0896. The summed E-state index contributed by atoms with van der Waals surface area (Å²) in [5, 5.41) is 13.4. The molecule has 0 unspecified atom stereocenters. The summed E-state index contributed by atoms with van der Waals surface area (Å²) in [5.41, 5.74) is 9.72. The fourth-order valence-corrected chi connectivity index (χ4v) is 2.85. The van der Waals surface area contributed by atoms with Crippen LogP contribution in [-0.4, -0.2) is 19.9 Å². The van der Waals surface area contributed by atoms with Crippen LogP contribution in [0.25, 0.3) is 10.8 Å². The summed E-state index contributed by atoms with van der Waals surface area (Å²) in [6.45, 7) is 0.744. The van der Waals surface area contributed by atoms with E-state index in [2.05, 4.69) is 60.7 Å². The van der Waals surface area contributed by atoms with Gasteiger partial charge in [0.1, 0.15) is 5.84 Å². The minimum Gasteiger partial charge on any atom is -0.384 e. The maximum Gasteiger partial charge on any atom is 0.122 e. The lowest BCUT2D eigenvalue weighted by atomic mass is 10.0. The van der Waals surface area contributed by atoms with Crippen LogP contribution in [0.2, 0.25) is 0 Å². The molecule has 0 atom stereocenters. The second-order valence-electron chi connectivity index (χ2n) is 6.03. The van der Waals surface area contributed by atoms with Crippen LogP contribution < -0.4 is 16.0 Å². The molecular weight excluding hydrogens is 296 g/mol. The quantitative estimate of drug-likeness (QED) is 0.495. The first-order chi connectivity index (χ1) is 11.6. The van der Waals surface area contributed by atoms with Crippen LogP contribution in [0.3, 0.4) is 0 Å². The maximum absolute atomic E-state index is 7.44. The van der Waals surface area contributed by atoms with Crippen molar-refractivity contribution >= 4 is 28.0 Å². The van der Waals surface area contributed by atoms with Gasteiger partial charge in [0.05, 0.1) is 0 Å². The first-order valence-electron chi connectivity index (χ1n) is 7.92. The fraction of sp³-hybridized carbons (Fsp3) is 0.150. The van der Waals surface area contributed by atoms with Crippen molar-refractivity contribution in [1.82, 2.24) is 0 Å². The predicted molar refractivity (Wildman–Crippen MR) is 103 cm³/mol. The molecule has 0 heterocycles. The number of fused-ring (bicyclic) bond motifs is 1. The molecule has 0 amide bonds. The van der Waals surface area contributed by atoms with Gasteiger partial charge in [-0.25, -0.2) is 0 Å². The van der Waals surface area contributed by atoms with Gasteiger partial charge in [-0.3, -0.25) is 5.41 Å². The highest BCUT2D eigenvalue weighted by atomic mass is 15.1. The highest BCUT2D eigenvalue weighted by Crippen LogP contribution is 2.28. The first-order valence-corrected chi connectivity index (χ1v) is 7.92. The van der Waals surface area contributed by atoms with E-state index in [1.165, 1.54) is 22.0 Å². The lowest BCUT2D eigenvalue weighted by Crippen LogP contribution is -2.11. The van der Waals surface area contributed by atoms with Gasteiger partial charge in [0.2, 0.25) is 0 Å². The zero-order chi connectivity index (χ0) is 17.1. The Morgan fingerprint density at radius 2 is 1.62 bits per heavy atom. The Bertz CT molecular complexity index is 866. The second-order valence-corrected chi connectivity index (χ2v) is 6.03. The third-order valence-corrected chi connectivity index (χ3v) is 4.15. The van der Waals surface area contributed by atoms with Gasteiger partial charge >= 0.3 is 0 Å². The molecule has 0 saturated carbocycles. The lowest BCUT2D eigenvalue weighted by molar-refractivity contribution is 1.13. The molecule has 3 aromatic carbocycles. The third kappa shape index (κ3) is 3.18. The van der Waals surface area contributed by atoms with Crippen molar-refractivity contribution in [2.24, 2.45) is 5.73 Å². The van der Waals surface area contributed by atoms with E-state index in [1.54, 1.807) is 0 Å². The standard InChI is InChI=1S/C20H22N4/c1-24(2)19-12-9-15(17-5-3-4-6-18(17)19)13-23-16-10-7-14(8-11-16)20(21)22/h3-12,23H,13H2,1-2H3,(H3,21,22). The van der Waals surface area contributed by atoms with Crippen LogP contribution in [0.15, 0.2) is 60.7 Å². The highest BCUT2D eigenvalue weighted by Gasteiger charge is 2.07. The molecule has 0 aliphatic rings. The normalized spacial score (nSPS) is 10.6. The summed E-state index contributed by atoms with van der Waals surface area (Å²) < 4.78 is 0. The Balaban J connectivity index is 1.85. The van der Waals surface area contributed by atoms with E-state index < -0.39 is 0 Å². The monoisotopic (exact) mass is 318 g/mol. The fourth-order valence-electron chi connectivity index (χ4n) is 2.85. The van der Waals surface area contributed by atoms with E-state index >= 15 is 0 Å². The summed E-state index contributed by atoms with van der Waals surface area (Å²) in [5.74, 6) is 0.0896. The number of hydrogen-bond donors (Lipinski definition) is 3. The van der Waals surface area contributed by atoms with Crippen LogP contribution >= 0.6 is 0 Å². The summed E-state index contributed by atoms with van der Waals surface area (Å²) in [7, 11) is 4.13. The number of benzene rings is 3. The molecule has 4 nitrogen and oxygen atoms in total. The second kappa shape index (κ2) is 6.62. The van der Waals surface area contributed by atoms with Crippen molar-refractivity contribution in [3.8, 4) is 0 Å². The van der Waals surface area contributed by atoms with Crippen LogP contribution in [-0.2, 0) is 6.54 Å². The molecule has 4 N–H and O–H groups in total. The number of nitrogen functional groups attached to an aromatic ring is 1. The maximum atomic E-state index is 7.44. The van der Waals surface area contributed by atoms with Gasteiger partial charge < -0.3 is 16.0 Å². The van der Waals surface area contributed by atoms with Crippen molar-refractivity contribution in [3.05, 3.63) is 71.8 Å². The lowest BCUT2D eigenvalue weighted by Gasteiger charge is -2.18. The zero-order valence-electron chi connectivity index (χ0n) is 14.0. The first kappa shape index (κ1) is 15.9. The number of nitrogens with zero attached hydrogens (tertiary/aromatic N) is 1. The molecule has 24 heavy (non-hydrogen) atoms. The summed E-state index contributed by atoms with van der Waals surface area (Å²) in [6, 6.07) is 20.4. The smallest absolute Gasteiger partial charge is 0.122 e. The molecule has 0 radical (unpaired) electrons. The number of amidine groups is 1. The molecule has 0 saturated heterocycles. The molecule has 3 rings (SSSR count). The Kier molecular flexibility index (Phi) is 4.38. The molecule has 0 aliphatic carbocycles. The van der Waals surface area contributed by atoms with Crippen molar-refractivity contribution < 1.29 is 0 Å². The molecule has 122 valence electrons. The van der Waals surface area contributed by atoms with Gasteiger partial charge in [-0.15, -0.1) is 0 Å². The summed E-state index contributed by atoms with van der Waals surface area (Å²) in [4.78, 5) is 2.14. The topological polar surface area (TPSA) is 65.1 Å². The van der Waals surface area contributed by atoms with E-state index in [4.69, 9.17) is 11.1 Å². The van der Waals surface area contributed by atoms with Crippen molar-refractivity contribution in [3.63, 3.8) is 0 Å². The number of anilines is 2. The number of nitrogens with one attached hydrogen (secondary N) is 2. The summed E-state index contributed by atoms with van der Waals surface area (Å²) in [6.07, 6.45) is 0. The van der Waals surface area contributed by atoms with Gasteiger partial charge in [-0.2, -0.15) is 0 Å². The van der Waals surface area contributed by atoms with Crippen molar-refractivity contribution in [1.29, 1.82) is 5.41 Å². The molecule has 0 fully saturated rings.